The van der Waals surface area contributed by atoms with E-state index in [0.29, 0.717) is 6.07 Å². The van der Waals surface area contributed by atoms with Crippen molar-refractivity contribution in [1.29, 1.82) is 0 Å². The monoisotopic (exact) mass is 313 g/mol. The molecule has 0 aromatic heterocycles. The summed E-state index contributed by atoms with van der Waals surface area (Å²) in [6.45, 7) is -0.727. The van der Waals surface area contributed by atoms with Gasteiger partial charge in [0.05, 0.1) is 11.5 Å². The number of hydrogen-bond acceptors (Lipinski definition) is 3. The summed E-state index contributed by atoms with van der Waals surface area (Å²) in [5, 5.41) is 9.01. The highest BCUT2D eigenvalue weighted by molar-refractivity contribution is 7.89. The van der Waals surface area contributed by atoms with Crippen LogP contribution in [0.5, 0.6) is 0 Å². The molecule has 1 aliphatic rings. The van der Waals surface area contributed by atoms with Crippen LogP contribution in [-0.4, -0.2) is 25.2 Å². The third kappa shape index (κ3) is 2.65. The second kappa shape index (κ2) is 4.68. The fourth-order valence-corrected chi connectivity index (χ4v) is 3.48. The van der Waals surface area contributed by atoms with Crippen molar-refractivity contribution in [1.82, 2.24) is 4.72 Å². The van der Waals surface area contributed by atoms with Gasteiger partial charge in [0.15, 0.2) is 0 Å². The van der Waals surface area contributed by atoms with Crippen molar-refractivity contribution >= 4 is 10.0 Å². The van der Waals surface area contributed by atoms with Crippen LogP contribution < -0.4 is 4.72 Å². The van der Waals surface area contributed by atoms with Gasteiger partial charge in [0.1, 0.15) is 11.4 Å². The van der Waals surface area contributed by atoms with Gasteiger partial charge in [0.25, 0.3) is 0 Å². The molecule has 20 heavy (non-hydrogen) atoms. The van der Waals surface area contributed by atoms with Gasteiger partial charge >= 0.3 is 6.18 Å². The number of halogens is 4. The Morgan fingerprint density at radius 2 is 1.90 bits per heavy atom. The van der Waals surface area contributed by atoms with Crippen LogP contribution in [0.1, 0.15) is 18.4 Å². The molecular weight excluding hydrogens is 302 g/mol. The Balaban J connectivity index is 2.40. The van der Waals surface area contributed by atoms with Gasteiger partial charge < -0.3 is 5.11 Å². The van der Waals surface area contributed by atoms with E-state index < -0.39 is 39.1 Å². The first-order valence-corrected chi connectivity index (χ1v) is 7.10. The van der Waals surface area contributed by atoms with Gasteiger partial charge in [-0.25, -0.2) is 12.8 Å². The molecule has 0 aliphatic heterocycles. The molecule has 1 fully saturated rings. The van der Waals surface area contributed by atoms with Crippen LogP contribution >= 0.6 is 0 Å². The molecule has 0 amide bonds. The zero-order chi connectivity index (χ0) is 15.2. The first kappa shape index (κ1) is 15.2. The minimum atomic E-state index is -4.72. The minimum absolute atomic E-state index is 0.170. The Morgan fingerprint density at radius 1 is 1.30 bits per heavy atom. The molecule has 1 aliphatic carbocycles. The number of aliphatic hydroxyl groups excluding tert-OH is 1. The number of rotatable bonds is 4. The van der Waals surface area contributed by atoms with Crippen LogP contribution in [0.15, 0.2) is 23.1 Å². The van der Waals surface area contributed by atoms with Crippen molar-refractivity contribution in [3.63, 3.8) is 0 Å². The summed E-state index contributed by atoms with van der Waals surface area (Å²) in [7, 11) is -4.57. The summed E-state index contributed by atoms with van der Waals surface area (Å²) in [4.78, 5) is -0.685. The average molecular weight is 313 g/mol. The Morgan fingerprint density at radius 3 is 2.35 bits per heavy atom. The highest BCUT2D eigenvalue weighted by atomic mass is 32.2. The maximum atomic E-state index is 13.1. The molecule has 0 radical (unpaired) electrons. The van der Waals surface area contributed by atoms with Crippen LogP contribution in [0.25, 0.3) is 0 Å². The molecule has 1 aromatic carbocycles. The van der Waals surface area contributed by atoms with E-state index in [-0.39, 0.29) is 18.4 Å². The lowest BCUT2D eigenvalue weighted by atomic mass is 10.2. The van der Waals surface area contributed by atoms with Gasteiger partial charge in [0.2, 0.25) is 10.0 Å². The van der Waals surface area contributed by atoms with Crippen molar-refractivity contribution in [2.24, 2.45) is 0 Å². The SMILES string of the molecule is O=S(=O)(NC1(C(F)(F)F)CC1)c1cc(F)ccc1CO. The number of alkyl halides is 3. The normalized spacial score (nSPS) is 18.1. The van der Waals surface area contributed by atoms with E-state index >= 15 is 0 Å². The predicted molar refractivity (Wildman–Crippen MR) is 60.7 cm³/mol. The maximum Gasteiger partial charge on any atom is 0.407 e. The molecule has 112 valence electrons. The zero-order valence-corrected chi connectivity index (χ0v) is 10.9. The number of sulfonamides is 1. The molecule has 9 heteroatoms. The Labute approximate surface area is 112 Å². The Bertz CT molecular complexity index is 623. The van der Waals surface area contributed by atoms with Crippen LogP contribution in [0, 0.1) is 5.82 Å². The van der Waals surface area contributed by atoms with Gasteiger partial charge in [-0.1, -0.05) is 6.07 Å². The molecule has 0 unspecified atom stereocenters. The summed E-state index contributed by atoms with van der Waals surface area (Å²) < 4.78 is 76.9. The molecular formula is C11H11F4NO3S. The topological polar surface area (TPSA) is 66.4 Å². The highest BCUT2D eigenvalue weighted by Crippen LogP contribution is 2.49. The molecule has 1 aromatic rings. The van der Waals surface area contributed by atoms with Crippen molar-refractivity contribution in [3.05, 3.63) is 29.6 Å². The van der Waals surface area contributed by atoms with Crippen LogP contribution in [0.4, 0.5) is 17.6 Å². The van der Waals surface area contributed by atoms with Gasteiger partial charge in [-0.15, -0.1) is 0 Å². The summed E-state index contributed by atoms with van der Waals surface area (Å²) >= 11 is 0. The smallest absolute Gasteiger partial charge is 0.392 e. The van der Waals surface area contributed by atoms with E-state index in [0.717, 1.165) is 12.1 Å². The van der Waals surface area contributed by atoms with E-state index in [4.69, 9.17) is 5.11 Å². The number of aliphatic hydroxyl groups is 1. The summed E-state index contributed by atoms with van der Waals surface area (Å²) in [6, 6.07) is 2.51. The first-order chi connectivity index (χ1) is 9.11. The Kier molecular flexibility index (Phi) is 3.55. The minimum Gasteiger partial charge on any atom is -0.392 e. The van der Waals surface area contributed by atoms with Crippen molar-refractivity contribution in [3.8, 4) is 0 Å². The van der Waals surface area contributed by atoms with Crippen LogP contribution in [-0.2, 0) is 16.6 Å². The molecule has 2 rings (SSSR count). The molecule has 0 saturated heterocycles. The third-order valence-corrected chi connectivity index (χ3v) is 4.73. The molecule has 4 nitrogen and oxygen atoms in total. The van der Waals surface area contributed by atoms with Gasteiger partial charge in [0, 0.05) is 0 Å². The molecule has 0 heterocycles. The van der Waals surface area contributed by atoms with E-state index in [1.807, 2.05) is 0 Å². The third-order valence-electron chi connectivity index (χ3n) is 3.11. The average Bonchev–Trinajstić information content (AvgIpc) is 3.08. The van der Waals surface area contributed by atoms with Gasteiger partial charge in [-0.3, -0.25) is 0 Å². The fourth-order valence-electron chi connectivity index (χ4n) is 1.79. The second-order valence-electron chi connectivity index (χ2n) is 4.60. The van der Waals surface area contributed by atoms with Gasteiger partial charge in [-0.2, -0.15) is 17.9 Å². The number of benzene rings is 1. The van der Waals surface area contributed by atoms with E-state index in [1.54, 1.807) is 4.72 Å². The van der Waals surface area contributed by atoms with E-state index in [1.165, 1.54) is 0 Å². The van der Waals surface area contributed by atoms with Crippen LogP contribution in [0.2, 0.25) is 0 Å². The molecule has 1 saturated carbocycles. The maximum absolute atomic E-state index is 13.1. The lowest BCUT2D eigenvalue weighted by molar-refractivity contribution is -0.160. The standard InChI is InChI=1S/C11H11F4NO3S/c12-8-2-1-7(6-17)9(5-8)20(18,19)16-10(3-4-10)11(13,14)15/h1-2,5,16-17H,3-4,6H2. The van der Waals surface area contributed by atoms with E-state index in [2.05, 4.69) is 0 Å². The number of nitrogens with one attached hydrogen (secondary N) is 1. The summed E-state index contributed by atoms with van der Waals surface area (Å²) in [5.41, 5.74) is -2.65. The van der Waals surface area contributed by atoms with Crippen molar-refractivity contribution in [2.75, 3.05) is 0 Å². The number of hydrogen-bond donors (Lipinski definition) is 2. The second-order valence-corrected chi connectivity index (χ2v) is 6.25. The highest BCUT2D eigenvalue weighted by Gasteiger charge is 2.65. The van der Waals surface area contributed by atoms with E-state index in [9.17, 15) is 26.0 Å². The first-order valence-electron chi connectivity index (χ1n) is 5.61. The van der Waals surface area contributed by atoms with Crippen molar-refractivity contribution < 1.29 is 31.1 Å². The van der Waals surface area contributed by atoms with Crippen LogP contribution in [0.3, 0.4) is 0 Å². The fraction of sp³-hybridized carbons (Fsp3) is 0.455. The quantitative estimate of drug-likeness (QED) is 0.831. The largest absolute Gasteiger partial charge is 0.407 e. The molecule has 0 spiro atoms. The lowest BCUT2D eigenvalue weighted by Gasteiger charge is -2.21. The zero-order valence-electron chi connectivity index (χ0n) is 10.0. The lowest BCUT2D eigenvalue weighted by Crippen LogP contribution is -2.47. The molecule has 2 N–H and O–H groups in total. The van der Waals surface area contributed by atoms with Gasteiger partial charge in [-0.05, 0) is 30.5 Å². The summed E-state index contributed by atoms with van der Waals surface area (Å²) in [6.07, 6.45) is -5.44. The molecule has 0 bridgehead atoms. The molecule has 0 atom stereocenters. The van der Waals surface area contributed by atoms with Crippen molar-refractivity contribution in [2.45, 2.75) is 36.1 Å². The Hall–Kier alpha value is -1.19. The summed E-state index contributed by atoms with van der Waals surface area (Å²) in [5.74, 6) is -0.917. The predicted octanol–water partition coefficient (Wildman–Crippen LogP) is 1.69.